The van der Waals surface area contributed by atoms with E-state index in [9.17, 15) is 0 Å². The molecule has 0 fully saturated rings. The van der Waals surface area contributed by atoms with Gasteiger partial charge in [-0.3, -0.25) is 0 Å². The normalized spacial score (nSPS) is 7.71. The molecule has 7 heavy (non-hydrogen) atoms. The largest absolute Gasteiger partial charge is 0.662 e. The summed E-state index contributed by atoms with van der Waals surface area (Å²) in [6.45, 7) is 6.22. The van der Waals surface area contributed by atoms with Crippen molar-refractivity contribution >= 4 is 0 Å². The molecule has 0 heterocycles. The Hall–Kier alpha value is 1.01. The van der Waals surface area contributed by atoms with Gasteiger partial charge in [-0.2, -0.15) is 6.54 Å². The molecule has 0 atom stereocenters. The minimum Gasteiger partial charge on any atom is -0.662 e. The van der Waals surface area contributed by atoms with Crippen LogP contribution in [0.4, 0.5) is 0 Å². The zero-order chi connectivity index (χ0) is 4.83. The zero-order valence-corrected chi connectivity index (χ0v) is 9.23. The van der Waals surface area contributed by atoms with Crippen LogP contribution in [0, 0.1) is 31.1 Å². The van der Waals surface area contributed by atoms with Crippen molar-refractivity contribution in [2.45, 2.75) is 20.3 Å². The van der Waals surface area contributed by atoms with E-state index in [4.69, 9.17) is 0 Å². The van der Waals surface area contributed by atoms with Gasteiger partial charge in [0.2, 0.25) is 0 Å². The van der Waals surface area contributed by atoms with Gasteiger partial charge in [-0.25, -0.2) is 0 Å². The molecule has 0 amide bonds. The van der Waals surface area contributed by atoms with Crippen molar-refractivity contribution in [3.63, 3.8) is 0 Å². The van der Waals surface area contributed by atoms with Crippen molar-refractivity contribution in [2.75, 3.05) is 13.1 Å². The molecule has 0 saturated heterocycles. The zero-order valence-electron chi connectivity index (χ0n) is 5.07. The monoisotopic (exact) mass is 324 g/mol. The second-order valence-electron chi connectivity index (χ2n) is 1.26. The first-order chi connectivity index (χ1) is 2.91. The maximum Gasteiger partial charge on any atom is 0 e. The average Bonchev–Trinajstić information content (AvgIpc) is 1.61. The van der Waals surface area contributed by atoms with Gasteiger partial charge in [0.15, 0.2) is 0 Å². The Kier molecular flexibility index (Phi) is 15.7. The number of hydrogen-bond donors (Lipinski definition) is 0. The van der Waals surface area contributed by atoms with Crippen molar-refractivity contribution in [3.05, 3.63) is 5.32 Å². The van der Waals surface area contributed by atoms with Crippen molar-refractivity contribution in [2.24, 2.45) is 0 Å². The van der Waals surface area contributed by atoms with Crippen molar-refractivity contribution in [3.8, 4) is 0 Å². The molecule has 0 bridgehead atoms. The summed E-state index contributed by atoms with van der Waals surface area (Å²) in [5.41, 5.74) is 0. The Morgan fingerprint density at radius 1 is 1.29 bits per heavy atom. The van der Waals surface area contributed by atoms with E-state index in [1.165, 1.54) is 6.42 Å². The van der Waals surface area contributed by atoms with Crippen LogP contribution in [-0.4, -0.2) is 13.1 Å². The molecule has 0 aliphatic rings. The molecule has 0 saturated carbocycles. The number of hydrogen-bond acceptors (Lipinski definition) is 0. The van der Waals surface area contributed by atoms with Crippen molar-refractivity contribution < 1.29 is 31.1 Å². The van der Waals surface area contributed by atoms with E-state index in [0.717, 1.165) is 13.1 Å². The summed E-state index contributed by atoms with van der Waals surface area (Å²) in [4.78, 5) is 0. The Labute approximate surface area is 69.6 Å². The van der Waals surface area contributed by atoms with E-state index in [1.54, 1.807) is 0 Å². The van der Waals surface area contributed by atoms with Gasteiger partial charge in [0.1, 0.15) is 0 Å². The van der Waals surface area contributed by atoms with Gasteiger partial charge in [-0.05, 0) is 0 Å². The summed E-state index contributed by atoms with van der Waals surface area (Å²) in [5.74, 6) is 0. The molecule has 2 heteroatoms. The molecule has 1 nitrogen and oxygen atoms in total. The minimum absolute atomic E-state index is 0. The van der Waals surface area contributed by atoms with E-state index in [0.29, 0.717) is 0 Å². The van der Waals surface area contributed by atoms with Gasteiger partial charge in [0.25, 0.3) is 0 Å². The maximum absolute atomic E-state index is 4.09. The van der Waals surface area contributed by atoms with Crippen LogP contribution in [-0.2, 0) is 0 Å². The second-order valence-corrected chi connectivity index (χ2v) is 1.26. The summed E-state index contributed by atoms with van der Waals surface area (Å²) >= 11 is 0. The molecule has 0 aliphatic heterocycles. The number of nitrogens with zero attached hydrogens (tertiary/aromatic N) is 1. The van der Waals surface area contributed by atoms with Gasteiger partial charge in [0, 0.05) is 31.1 Å². The third kappa shape index (κ3) is 10.9. The summed E-state index contributed by atoms with van der Waals surface area (Å²) in [6.07, 6.45) is 1.19. The fourth-order valence-corrected chi connectivity index (χ4v) is 0.316. The van der Waals surface area contributed by atoms with Crippen LogP contribution in [0.3, 0.4) is 0 Å². The van der Waals surface area contributed by atoms with E-state index >= 15 is 0 Å². The molecule has 0 aromatic carbocycles. The fourth-order valence-electron chi connectivity index (χ4n) is 0.316. The first kappa shape index (κ1) is 10.9. The van der Waals surface area contributed by atoms with Crippen LogP contribution in [0.5, 0.6) is 0 Å². The predicted octanol–water partition coefficient (Wildman–Crippen LogP) is 1.79. The third-order valence-corrected chi connectivity index (χ3v) is 0.605. The first-order valence-electron chi connectivity index (χ1n) is 2.55. The van der Waals surface area contributed by atoms with Gasteiger partial charge in [-0.1, -0.05) is 20.3 Å². The molecule has 0 N–H and O–H groups in total. The molecule has 0 radical (unpaired) electrons. The SMILES string of the molecule is CCC[N-]CC.[U]. The third-order valence-electron chi connectivity index (χ3n) is 0.605. The second kappa shape index (κ2) is 10.1. The summed E-state index contributed by atoms with van der Waals surface area (Å²) in [5, 5.41) is 4.09. The van der Waals surface area contributed by atoms with Gasteiger partial charge in [-0.15, -0.1) is 6.54 Å². The van der Waals surface area contributed by atoms with E-state index in [2.05, 4.69) is 19.2 Å². The summed E-state index contributed by atoms with van der Waals surface area (Å²) in [6, 6.07) is 0. The minimum atomic E-state index is 0. The topological polar surface area (TPSA) is 14.1 Å². The fraction of sp³-hybridized carbons (Fsp3) is 1.00. The smallest absolute Gasteiger partial charge is 0 e. The van der Waals surface area contributed by atoms with Crippen LogP contribution >= 0.6 is 0 Å². The molecule has 0 aliphatic carbocycles. The van der Waals surface area contributed by atoms with Crippen LogP contribution < -0.4 is 0 Å². The maximum atomic E-state index is 4.09. The van der Waals surface area contributed by atoms with Crippen molar-refractivity contribution in [1.29, 1.82) is 0 Å². The summed E-state index contributed by atoms with van der Waals surface area (Å²) < 4.78 is 0. The van der Waals surface area contributed by atoms with Crippen LogP contribution in [0.1, 0.15) is 20.3 Å². The Bertz CT molecular complexity index is 20.0. The quantitative estimate of drug-likeness (QED) is 0.703. The standard InChI is InChI=1S/C5H12N.U/c1-3-5-6-4-2;/h3-5H2,1-2H3;/q-1;. The summed E-state index contributed by atoms with van der Waals surface area (Å²) in [7, 11) is 0. The van der Waals surface area contributed by atoms with Crippen molar-refractivity contribution in [1.82, 2.24) is 0 Å². The molecule has 0 unspecified atom stereocenters. The van der Waals surface area contributed by atoms with Gasteiger partial charge in [0.05, 0.1) is 0 Å². The average molecular weight is 324 g/mol. The molecule has 0 rings (SSSR count). The molecule has 42 valence electrons. The van der Waals surface area contributed by atoms with Crippen LogP contribution in [0.25, 0.3) is 5.32 Å². The van der Waals surface area contributed by atoms with E-state index < -0.39 is 0 Å². The van der Waals surface area contributed by atoms with Crippen LogP contribution in [0.2, 0.25) is 0 Å². The molecular formula is C5H12NU-. The molecular weight excluding hydrogens is 312 g/mol. The predicted molar refractivity (Wildman–Crippen MR) is 29.1 cm³/mol. The number of rotatable bonds is 3. The van der Waals surface area contributed by atoms with Gasteiger partial charge < -0.3 is 5.32 Å². The van der Waals surface area contributed by atoms with Crippen LogP contribution in [0.15, 0.2) is 0 Å². The van der Waals surface area contributed by atoms with E-state index in [1.807, 2.05) is 0 Å². The Morgan fingerprint density at radius 3 is 2.00 bits per heavy atom. The molecule has 0 spiro atoms. The molecule has 0 aromatic rings. The van der Waals surface area contributed by atoms with E-state index in [-0.39, 0.29) is 31.1 Å². The first-order valence-corrected chi connectivity index (χ1v) is 2.55. The molecule has 0 aromatic heterocycles. The Balaban J connectivity index is 0. The van der Waals surface area contributed by atoms with Gasteiger partial charge >= 0.3 is 0 Å². The Morgan fingerprint density at radius 2 is 1.86 bits per heavy atom.